The van der Waals surface area contributed by atoms with E-state index in [2.05, 4.69) is 5.32 Å². The molecular formula is C24H20ClN3O5. The minimum atomic E-state index is -1.31. The van der Waals surface area contributed by atoms with Crippen molar-refractivity contribution in [2.24, 2.45) is 11.8 Å². The second kappa shape index (κ2) is 6.88. The Balaban J connectivity index is 1.55. The van der Waals surface area contributed by atoms with Crippen LogP contribution in [0.15, 0.2) is 42.5 Å². The lowest BCUT2D eigenvalue weighted by atomic mass is 9.75. The lowest BCUT2D eigenvalue weighted by molar-refractivity contribution is -0.135. The van der Waals surface area contributed by atoms with E-state index in [1.165, 1.54) is 13.2 Å². The SMILES string of the molecule is COC(=O)c1ccccc1N1C(=O)[C@@H]2[C@H]3CCCN3[C@@]3(C(=O)Nc4ccc(Cl)cc43)[C@@H]2C1=O. The van der Waals surface area contributed by atoms with Crippen molar-refractivity contribution in [2.45, 2.75) is 24.4 Å². The van der Waals surface area contributed by atoms with Gasteiger partial charge in [0.05, 0.1) is 30.2 Å². The maximum atomic E-state index is 14.0. The van der Waals surface area contributed by atoms with Crippen LogP contribution in [0, 0.1) is 11.8 Å². The molecule has 0 bridgehead atoms. The number of nitrogens with one attached hydrogen (secondary N) is 1. The number of amides is 3. The van der Waals surface area contributed by atoms with Gasteiger partial charge in [0.15, 0.2) is 0 Å². The van der Waals surface area contributed by atoms with E-state index >= 15 is 0 Å². The third kappa shape index (κ3) is 2.40. The molecule has 9 heteroatoms. The number of halogens is 1. The summed E-state index contributed by atoms with van der Waals surface area (Å²) >= 11 is 6.31. The Labute approximate surface area is 194 Å². The first-order valence-electron chi connectivity index (χ1n) is 10.8. The van der Waals surface area contributed by atoms with E-state index in [4.69, 9.17) is 16.3 Å². The van der Waals surface area contributed by atoms with Crippen LogP contribution < -0.4 is 10.2 Å². The molecule has 0 saturated carbocycles. The molecule has 3 saturated heterocycles. The molecule has 6 rings (SSSR count). The Kier molecular flexibility index (Phi) is 4.25. The maximum Gasteiger partial charge on any atom is 0.339 e. The fraction of sp³-hybridized carbons (Fsp3) is 0.333. The quantitative estimate of drug-likeness (QED) is 0.541. The molecule has 8 nitrogen and oxygen atoms in total. The Bertz CT molecular complexity index is 1260. The zero-order valence-electron chi connectivity index (χ0n) is 17.7. The number of fused-ring (bicyclic) bond motifs is 7. The number of nitrogens with zero attached hydrogens (tertiary/aromatic N) is 2. The van der Waals surface area contributed by atoms with Crippen LogP contribution in [0.1, 0.15) is 28.8 Å². The van der Waals surface area contributed by atoms with Gasteiger partial charge in [-0.1, -0.05) is 23.7 Å². The van der Waals surface area contributed by atoms with Crippen LogP contribution in [0.3, 0.4) is 0 Å². The topological polar surface area (TPSA) is 96.0 Å². The fourth-order valence-corrected chi connectivity index (χ4v) is 6.54. The minimum absolute atomic E-state index is 0.123. The number of ether oxygens (including phenoxy) is 1. The van der Waals surface area contributed by atoms with Crippen LogP contribution in [0.5, 0.6) is 0 Å². The van der Waals surface area contributed by atoms with Crippen molar-refractivity contribution in [3.05, 3.63) is 58.6 Å². The van der Waals surface area contributed by atoms with Crippen LogP contribution in [-0.4, -0.2) is 48.3 Å². The second-order valence-corrected chi connectivity index (χ2v) is 9.27. The van der Waals surface area contributed by atoms with Gasteiger partial charge in [-0.2, -0.15) is 0 Å². The predicted molar refractivity (Wildman–Crippen MR) is 119 cm³/mol. The third-order valence-electron chi connectivity index (χ3n) is 7.50. The molecule has 168 valence electrons. The number of rotatable bonds is 2. The number of carbonyl (C=O) groups excluding carboxylic acids is 4. The number of esters is 1. The molecule has 4 atom stereocenters. The van der Waals surface area contributed by atoms with Gasteiger partial charge in [0.25, 0.3) is 0 Å². The Morgan fingerprint density at radius 1 is 1.15 bits per heavy atom. The highest BCUT2D eigenvalue weighted by atomic mass is 35.5. The third-order valence-corrected chi connectivity index (χ3v) is 7.74. The molecule has 1 N–H and O–H groups in total. The van der Waals surface area contributed by atoms with Crippen molar-refractivity contribution < 1.29 is 23.9 Å². The first-order chi connectivity index (χ1) is 15.9. The maximum absolute atomic E-state index is 14.0. The fourth-order valence-electron chi connectivity index (χ4n) is 6.36. The Morgan fingerprint density at radius 2 is 1.94 bits per heavy atom. The average molecular weight is 466 g/mol. The van der Waals surface area contributed by atoms with Gasteiger partial charge in [-0.05, 0) is 49.7 Å². The Morgan fingerprint density at radius 3 is 2.73 bits per heavy atom. The molecular weight excluding hydrogens is 446 g/mol. The van der Waals surface area contributed by atoms with Crippen molar-refractivity contribution in [3.63, 3.8) is 0 Å². The van der Waals surface area contributed by atoms with E-state index in [9.17, 15) is 19.2 Å². The normalized spacial score (nSPS) is 29.9. The molecule has 3 fully saturated rings. The van der Waals surface area contributed by atoms with Crippen molar-refractivity contribution >= 4 is 46.7 Å². The highest BCUT2D eigenvalue weighted by Crippen LogP contribution is 2.61. The number of carbonyl (C=O) groups is 4. The highest BCUT2D eigenvalue weighted by molar-refractivity contribution is 6.31. The summed E-state index contributed by atoms with van der Waals surface area (Å²) < 4.78 is 4.87. The molecule has 2 aromatic rings. The molecule has 0 unspecified atom stereocenters. The number of hydrogen-bond donors (Lipinski definition) is 1. The van der Waals surface area contributed by atoms with Gasteiger partial charge in [0, 0.05) is 22.3 Å². The second-order valence-electron chi connectivity index (χ2n) is 8.84. The summed E-state index contributed by atoms with van der Waals surface area (Å²) in [4.78, 5) is 56.9. The van der Waals surface area contributed by atoms with Crippen LogP contribution in [0.4, 0.5) is 11.4 Å². The monoisotopic (exact) mass is 465 g/mol. The van der Waals surface area contributed by atoms with Crippen LogP contribution >= 0.6 is 11.6 Å². The summed E-state index contributed by atoms with van der Waals surface area (Å²) in [7, 11) is 1.25. The van der Waals surface area contributed by atoms with E-state index < -0.39 is 35.2 Å². The van der Waals surface area contributed by atoms with E-state index in [0.717, 1.165) is 11.3 Å². The molecule has 4 heterocycles. The molecule has 1 spiro atoms. The summed E-state index contributed by atoms with van der Waals surface area (Å²) in [6.45, 7) is 0.607. The molecule has 2 aromatic carbocycles. The van der Waals surface area contributed by atoms with Gasteiger partial charge < -0.3 is 10.1 Å². The predicted octanol–water partition coefficient (Wildman–Crippen LogP) is 2.56. The number of benzene rings is 2. The lowest BCUT2D eigenvalue weighted by Crippen LogP contribution is -2.54. The van der Waals surface area contributed by atoms with Crippen molar-refractivity contribution in [1.82, 2.24) is 4.90 Å². The zero-order chi connectivity index (χ0) is 23.1. The van der Waals surface area contributed by atoms with Gasteiger partial charge in [0.2, 0.25) is 17.7 Å². The van der Waals surface area contributed by atoms with Crippen molar-refractivity contribution in [1.29, 1.82) is 0 Å². The smallest absolute Gasteiger partial charge is 0.339 e. The van der Waals surface area contributed by atoms with Crippen LogP contribution in [0.2, 0.25) is 5.02 Å². The van der Waals surface area contributed by atoms with Crippen molar-refractivity contribution in [2.75, 3.05) is 23.9 Å². The van der Waals surface area contributed by atoms with Crippen LogP contribution in [-0.2, 0) is 24.7 Å². The largest absolute Gasteiger partial charge is 0.465 e. The molecule has 33 heavy (non-hydrogen) atoms. The number of hydrogen-bond acceptors (Lipinski definition) is 6. The van der Waals surface area contributed by atoms with Gasteiger partial charge >= 0.3 is 5.97 Å². The number of methoxy groups -OCH3 is 1. The molecule has 0 aromatic heterocycles. The Hall–Kier alpha value is -3.23. The summed E-state index contributed by atoms with van der Waals surface area (Å²) in [5, 5.41) is 3.37. The molecule has 0 radical (unpaired) electrons. The number of para-hydroxylation sites is 1. The van der Waals surface area contributed by atoms with E-state index in [1.54, 1.807) is 36.4 Å². The van der Waals surface area contributed by atoms with Crippen LogP contribution in [0.25, 0.3) is 0 Å². The first-order valence-corrected chi connectivity index (χ1v) is 11.2. The number of imide groups is 1. The minimum Gasteiger partial charge on any atom is -0.465 e. The van der Waals surface area contributed by atoms with E-state index in [0.29, 0.717) is 29.2 Å². The van der Waals surface area contributed by atoms with Gasteiger partial charge in [-0.25, -0.2) is 9.69 Å². The van der Waals surface area contributed by atoms with Crippen molar-refractivity contribution in [3.8, 4) is 0 Å². The van der Waals surface area contributed by atoms with E-state index in [1.807, 2.05) is 4.90 Å². The average Bonchev–Trinajstić information content (AvgIpc) is 3.52. The summed E-state index contributed by atoms with van der Waals surface area (Å²) in [6, 6.07) is 11.3. The molecule has 3 amide bonds. The molecule has 0 aliphatic carbocycles. The highest BCUT2D eigenvalue weighted by Gasteiger charge is 2.74. The molecule has 4 aliphatic heterocycles. The zero-order valence-corrected chi connectivity index (χ0v) is 18.5. The standard InChI is InChI=1S/C24H20ClN3O5/c1-33-22(31)13-5-2-3-6-16(13)28-20(29)18-17-7-4-10-27(17)24(19(18)21(28)30)14-11-12(25)8-9-15(14)26-23(24)32/h2-3,5-6,8-9,11,17-19H,4,7,10H2,1H3,(H,26,32)/t17-,18-,19+,24-/m1/s1. The summed E-state index contributed by atoms with van der Waals surface area (Å²) in [6.07, 6.45) is 1.52. The van der Waals surface area contributed by atoms with Gasteiger partial charge in [-0.15, -0.1) is 0 Å². The first kappa shape index (κ1) is 20.4. The number of anilines is 2. The summed E-state index contributed by atoms with van der Waals surface area (Å²) in [5.74, 6) is -3.45. The molecule has 4 aliphatic rings. The van der Waals surface area contributed by atoms with Gasteiger partial charge in [0.1, 0.15) is 5.54 Å². The van der Waals surface area contributed by atoms with Gasteiger partial charge in [-0.3, -0.25) is 19.3 Å². The lowest BCUT2D eigenvalue weighted by Gasteiger charge is -2.36. The van der Waals surface area contributed by atoms with E-state index in [-0.39, 0.29) is 23.2 Å². The summed E-state index contributed by atoms with van der Waals surface area (Å²) in [5.41, 5.74) is 0.220.